The molecule has 0 unspecified atom stereocenters. The summed E-state index contributed by atoms with van der Waals surface area (Å²) in [5.74, 6) is -0.147. The molecular formula is C17H19ClN2O3S. The van der Waals surface area contributed by atoms with Gasteiger partial charge >= 0.3 is 0 Å². The molecule has 1 amide bonds. The molecule has 7 heteroatoms. The van der Waals surface area contributed by atoms with Crippen LogP contribution in [0.25, 0.3) is 0 Å². The molecule has 0 aliphatic heterocycles. The molecule has 2 N–H and O–H groups in total. The van der Waals surface area contributed by atoms with Crippen LogP contribution in [0.1, 0.15) is 16.7 Å². The van der Waals surface area contributed by atoms with Crippen molar-refractivity contribution < 1.29 is 13.2 Å². The van der Waals surface area contributed by atoms with E-state index in [-0.39, 0.29) is 18.1 Å². The largest absolute Gasteiger partial charge is 0.352 e. The molecule has 0 aromatic heterocycles. The van der Waals surface area contributed by atoms with E-state index in [2.05, 4.69) is 10.0 Å². The van der Waals surface area contributed by atoms with Gasteiger partial charge in [0.05, 0.1) is 12.2 Å². The van der Waals surface area contributed by atoms with E-state index in [1.54, 1.807) is 24.3 Å². The van der Waals surface area contributed by atoms with Crippen LogP contribution < -0.4 is 10.0 Å². The van der Waals surface area contributed by atoms with Crippen LogP contribution in [0.2, 0.25) is 5.02 Å². The van der Waals surface area contributed by atoms with E-state index in [9.17, 15) is 13.2 Å². The zero-order valence-corrected chi connectivity index (χ0v) is 14.8. The van der Waals surface area contributed by atoms with Gasteiger partial charge in [0.1, 0.15) is 0 Å². The lowest BCUT2D eigenvalue weighted by Crippen LogP contribution is -2.24. The predicted octanol–water partition coefficient (Wildman–Crippen LogP) is 2.25. The Kier molecular flexibility index (Phi) is 6.36. The Morgan fingerprint density at radius 1 is 0.958 bits per heavy atom. The summed E-state index contributed by atoms with van der Waals surface area (Å²) in [6, 6.07) is 14.2. The molecule has 0 saturated carbocycles. The summed E-state index contributed by atoms with van der Waals surface area (Å²) in [6.07, 6.45) is 0.287. The Balaban J connectivity index is 1.85. The molecule has 0 radical (unpaired) electrons. The fraction of sp³-hybridized carbons (Fsp3) is 0.235. The van der Waals surface area contributed by atoms with E-state index < -0.39 is 10.0 Å². The maximum Gasteiger partial charge on any atom is 0.224 e. The highest BCUT2D eigenvalue weighted by molar-refractivity contribution is 7.88. The molecule has 0 aliphatic carbocycles. The fourth-order valence-corrected chi connectivity index (χ4v) is 3.00. The maximum atomic E-state index is 11.9. The van der Waals surface area contributed by atoms with Gasteiger partial charge in [-0.2, -0.15) is 0 Å². The minimum Gasteiger partial charge on any atom is -0.352 e. The van der Waals surface area contributed by atoms with Crippen molar-refractivity contribution in [2.45, 2.75) is 18.7 Å². The number of benzene rings is 2. The third-order valence-corrected chi connectivity index (χ3v) is 5.05. The standard InChI is InChI=1S/C17H19ClN2O3S/c1-19-24(22,23)12-15-4-2-14(3-5-15)11-20-17(21)10-13-6-8-16(18)9-7-13/h2-9,19H,10-12H2,1H3,(H,20,21). The van der Waals surface area contributed by atoms with Crippen LogP contribution in [0.15, 0.2) is 48.5 Å². The summed E-state index contributed by atoms with van der Waals surface area (Å²) in [4.78, 5) is 11.9. The Labute approximate surface area is 147 Å². The molecule has 0 atom stereocenters. The molecule has 128 valence electrons. The van der Waals surface area contributed by atoms with Crippen LogP contribution in [-0.2, 0) is 33.5 Å². The predicted molar refractivity (Wildman–Crippen MR) is 95.1 cm³/mol. The SMILES string of the molecule is CNS(=O)(=O)Cc1ccc(CNC(=O)Cc2ccc(Cl)cc2)cc1. The maximum absolute atomic E-state index is 11.9. The molecule has 0 fully saturated rings. The number of hydrogen-bond donors (Lipinski definition) is 2. The molecule has 0 saturated heterocycles. The van der Waals surface area contributed by atoms with Crippen molar-refractivity contribution in [3.05, 3.63) is 70.2 Å². The lowest BCUT2D eigenvalue weighted by atomic mass is 10.1. The van der Waals surface area contributed by atoms with Gasteiger partial charge in [-0.3, -0.25) is 4.79 Å². The number of amides is 1. The zero-order valence-electron chi connectivity index (χ0n) is 13.3. The molecule has 5 nitrogen and oxygen atoms in total. The third kappa shape index (κ3) is 5.96. The van der Waals surface area contributed by atoms with E-state index in [0.717, 1.165) is 11.1 Å². The van der Waals surface area contributed by atoms with Crippen molar-refractivity contribution in [3.63, 3.8) is 0 Å². The van der Waals surface area contributed by atoms with Crippen LogP contribution in [0.5, 0.6) is 0 Å². The number of halogens is 1. The van der Waals surface area contributed by atoms with Crippen LogP contribution in [0.4, 0.5) is 0 Å². The lowest BCUT2D eigenvalue weighted by Gasteiger charge is -2.07. The molecule has 0 heterocycles. The van der Waals surface area contributed by atoms with Crippen LogP contribution in [0, 0.1) is 0 Å². The molecule has 2 rings (SSSR count). The van der Waals surface area contributed by atoms with E-state index in [4.69, 9.17) is 11.6 Å². The van der Waals surface area contributed by atoms with Gasteiger partial charge < -0.3 is 5.32 Å². The smallest absolute Gasteiger partial charge is 0.224 e. The lowest BCUT2D eigenvalue weighted by molar-refractivity contribution is -0.120. The molecule has 0 spiro atoms. The first kappa shape index (κ1) is 18.4. The van der Waals surface area contributed by atoms with Crippen molar-refractivity contribution >= 4 is 27.5 Å². The summed E-state index contributed by atoms with van der Waals surface area (Å²) in [5, 5.41) is 3.48. The number of rotatable bonds is 7. The van der Waals surface area contributed by atoms with Crippen molar-refractivity contribution in [3.8, 4) is 0 Å². The van der Waals surface area contributed by atoms with Crippen LogP contribution in [0.3, 0.4) is 0 Å². The van der Waals surface area contributed by atoms with Crippen molar-refractivity contribution in [1.29, 1.82) is 0 Å². The highest BCUT2D eigenvalue weighted by Gasteiger charge is 2.08. The van der Waals surface area contributed by atoms with Gasteiger partial charge in [0.25, 0.3) is 0 Å². The molecule has 2 aromatic rings. The van der Waals surface area contributed by atoms with Crippen LogP contribution >= 0.6 is 11.6 Å². The van der Waals surface area contributed by atoms with Crippen molar-refractivity contribution in [2.75, 3.05) is 7.05 Å². The van der Waals surface area contributed by atoms with Gasteiger partial charge in [0.2, 0.25) is 15.9 Å². The molecule has 2 aromatic carbocycles. The Morgan fingerprint density at radius 2 is 1.50 bits per heavy atom. The monoisotopic (exact) mass is 366 g/mol. The van der Waals surface area contributed by atoms with Gasteiger partial charge in [-0.1, -0.05) is 48.0 Å². The molecule has 24 heavy (non-hydrogen) atoms. The fourth-order valence-electron chi connectivity index (χ4n) is 2.10. The Morgan fingerprint density at radius 3 is 2.08 bits per heavy atom. The zero-order chi connectivity index (χ0) is 17.6. The summed E-state index contributed by atoms with van der Waals surface area (Å²) in [6.45, 7) is 0.394. The number of nitrogens with one attached hydrogen (secondary N) is 2. The van der Waals surface area contributed by atoms with E-state index in [1.165, 1.54) is 7.05 Å². The van der Waals surface area contributed by atoms with E-state index >= 15 is 0 Å². The molecule has 0 bridgehead atoms. The summed E-state index contributed by atoms with van der Waals surface area (Å²) in [5.41, 5.74) is 2.50. The van der Waals surface area contributed by atoms with Gasteiger partial charge in [-0.25, -0.2) is 13.1 Å². The van der Waals surface area contributed by atoms with Crippen LogP contribution in [-0.4, -0.2) is 21.4 Å². The van der Waals surface area contributed by atoms with Crippen molar-refractivity contribution in [2.24, 2.45) is 0 Å². The van der Waals surface area contributed by atoms with E-state index in [0.29, 0.717) is 17.1 Å². The summed E-state index contributed by atoms with van der Waals surface area (Å²) >= 11 is 5.81. The first-order chi connectivity index (χ1) is 11.4. The van der Waals surface area contributed by atoms with Gasteiger partial charge in [-0.15, -0.1) is 0 Å². The van der Waals surface area contributed by atoms with E-state index in [1.807, 2.05) is 24.3 Å². The molecular weight excluding hydrogens is 348 g/mol. The quantitative estimate of drug-likeness (QED) is 0.789. The first-order valence-electron chi connectivity index (χ1n) is 7.38. The highest BCUT2D eigenvalue weighted by Crippen LogP contribution is 2.10. The number of hydrogen-bond acceptors (Lipinski definition) is 3. The van der Waals surface area contributed by atoms with Crippen molar-refractivity contribution in [1.82, 2.24) is 10.0 Å². The third-order valence-electron chi connectivity index (χ3n) is 3.46. The normalized spacial score (nSPS) is 11.2. The minimum atomic E-state index is -3.28. The second-order valence-corrected chi connectivity index (χ2v) is 7.72. The topological polar surface area (TPSA) is 75.3 Å². The van der Waals surface area contributed by atoms with Gasteiger partial charge in [-0.05, 0) is 35.9 Å². The average Bonchev–Trinajstić information content (AvgIpc) is 2.56. The summed E-state index contributed by atoms with van der Waals surface area (Å²) in [7, 11) is -1.89. The molecule has 0 aliphatic rings. The van der Waals surface area contributed by atoms with Gasteiger partial charge in [0.15, 0.2) is 0 Å². The Bertz CT molecular complexity index is 788. The van der Waals surface area contributed by atoms with Gasteiger partial charge in [0, 0.05) is 11.6 Å². The second-order valence-electron chi connectivity index (χ2n) is 5.36. The summed E-state index contributed by atoms with van der Waals surface area (Å²) < 4.78 is 25.3. The second kappa shape index (κ2) is 8.28. The average molecular weight is 367 g/mol. The number of carbonyl (C=O) groups is 1. The number of carbonyl (C=O) groups excluding carboxylic acids is 1. The highest BCUT2D eigenvalue weighted by atomic mass is 35.5. The minimum absolute atomic E-state index is 0.0628. The number of sulfonamides is 1. The first-order valence-corrected chi connectivity index (χ1v) is 9.41. The Hall–Kier alpha value is -1.89.